The number of para-hydroxylation sites is 1. The van der Waals surface area contributed by atoms with Crippen molar-refractivity contribution in [1.82, 2.24) is 4.90 Å². The summed E-state index contributed by atoms with van der Waals surface area (Å²) < 4.78 is 5.79. The summed E-state index contributed by atoms with van der Waals surface area (Å²) in [6.45, 7) is 6.48. The Morgan fingerprint density at radius 1 is 0.960 bits per heavy atom. The van der Waals surface area contributed by atoms with Gasteiger partial charge in [0.15, 0.2) is 0 Å². The van der Waals surface area contributed by atoms with Crippen LogP contribution in [0.4, 0.5) is 11.4 Å². The molecule has 1 atom stereocenters. The van der Waals surface area contributed by atoms with Gasteiger partial charge in [0.2, 0.25) is 0 Å². The number of nitrogen functional groups attached to an aromatic ring is 1. The molecule has 2 aliphatic rings. The lowest BCUT2D eigenvalue weighted by atomic mass is 9.90. The number of hydrogen-bond acceptors (Lipinski definition) is 4. The van der Waals surface area contributed by atoms with E-state index < -0.39 is 0 Å². The highest BCUT2D eigenvalue weighted by atomic mass is 16.5. The van der Waals surface area contributed by atoms with Crippen molar-refractivity contribution in [2.45, 2.75) is 18.8 Å². The second kappa shape index (κ2) is 7.36. The van der Waals surface area contributed by atoms with E-state index in [1.54, 1.807) is 0 Å². The smallest absolute Gasteiger partial charge is 0.122 e. The normalized spacial score (nSPS) is 20.8. The molecule has 1 fully saturated rings. The molecule has 0 spiro atoms. The lowest BCUT2D eigenvalue weighted by Gasteiger charge is -2.37. The highest BCUT2D eigenvalue weighted by Crippen LogP contribution is 2.35. The van der Waals surface area contributed by atoms with Gasteiger partial charge in [-0.05, 0) is 61.2 Å². The summed E-state index contributed by atoms with van der Waals surface area (Å²) in [5.41, 5.74) is 9.30. The summed E-state index contributed by atoms with van der Waals surface area (Å²) in [6, 6.07) is 16.8. The maximum Gasteiger partial charge on any atom is 0.122 e. The molecule has 1 saturated heterocycles. The van der Waals surface area contributed by atoms with E-state index in [9.17, 15) is 0 Å². The lowest BCUT2D eigenvalue weighted by Crippen LogP contribution is -2.46. The fourth-order valence-corrected chi connectivity index (χ4v) is 3.97. The van der Waals surface area contributed by atoms with Crippen LogP contribution in [0, 0.1) is 0 Å². The zero-order chi connectivity index (χ0) is 17.1. The van der Waals surface area contributed by atoms with Gasteiger partial charge >= 0.3 is 0 Å². The van der Waals surface area contributed by atoms with E-state index in [4.69, 9.17) is 10.5 Å². The summed E-state index contributed by atoms with van der Waals surface area (Å²) >= 11 is 0. The predicted molar refractivity (Wildman–Crippen MR) is 103 cm³/mol. The monoisotopic (exact) mass is 337 g/mol. The fraction of sp³-hybridized carbons (Fsp3) is 0.429. The van der Waals surface area contributed by atoms with E-state index in [1.807, 2.05) is 12.1 Å². The number of fused-ring (bicyclic) bond motifs is 1. The van der Waals surface area contributed by atoms with Gasteiger partial charge in [-0.15, -0.1) is 0 Å². The van der Waals surface area contributed by atoms with E-state index in [2.05, 4.69) is 46.2 Å². The zero-order valence-corrected chi connectivity index (χ0v) is 14.7. The molecule has 2 heterocycles. The van der Waals surface area contributed by atoms with Crippen LogP contribution in [0.3, 0.4) is 0 Å². The average Bonchev–Trinajstić information content (AvgIpc) is 2.67. The van der Waals surface area contributed by atoms with E-state index in [-0.39, 0.29) is 0 Å². The second-order valence-electron chi connectivity index (χ2n) is 7.08. The molecular formula is C21H27N3O. The highest BCUT2D eigenvalue weighted by Gasteiger charge is 2.23. The summed E-state index contributed by atoms with van der Waals surface area (Å²) in [5, 5.41) is 0. The van der Waals surface area contributed by atoms with Gasteiger partial charge in [0.05, 0.1) is 6.61 Å². The Bertz CT molecular complexity index is 693. The molecule has 0 saturated carbocycles. The minimum atomic E-state index is 0.639. The summed E-state index contributed by atoms with van der Waals surface area (Å²) in [4.78, 5) is 5.06. The largest absolute Gasteiger partial charge is 0.493 e. The molecule has 2 N–H and O–H groups in total. The maximum absolute atomic E-state index is 5.79. The van der Waals surface area contributed by atoms with Gasteiger partial charge < -0.3 is 15.4 Å². The number of benzene rings is 2. The van der Waals surface area contributed by atoms with Gasteiger partial charge in [-0.3, -0.25) is 4.90 Å². The molecular weight excluding hydrogens is 310 g/mol. The van der Waals surface area contributed by atoms with Crippen LogP contribution in [0.2, 0.25) is 0 Å². The fourth-order valence-electron chi connectivity index (χ4n) is 3.97. The standard InChI is InChI=1S/C21H27N3O/c22-18-5-7-19(8-6-18)24-14-12-23(13-15-24)11-9-17-10-16-25-21-4-2-1-3-20(17)21/h1-8,17H,9-16,22H2. The molecule has 2 aromatic rings. The molecule has 1 unspecified atom stereocenters. The first-order valence-corrected chi connectivity index (χ1v) is 9.34. The third kappa shape index (κ3) is 3.74. The van der Waals surface area contributed by atoms with Crippen LogP contribution in [-0.2, 0) is 0 Å². The molecule has 0 aromatic heterocycles. The quantitative estimate of drug-likeness (QED) is 0.869. The number of rotatable bonds is 4. The first kappa shape index (κ1) is 16.3. The van der Waals surface area contributed by atoms with Gasteiger partial charge in [0, 0.05) is 37.6 Å². The van der Waals surface area contributed by atoms with Gasteiger partial charge in [-0.25, -0.2) is 0 Å². The molecule has 4 rings (SSSR count). The molecule has 2 aromatic carbocycles. The Hall–Kier alpha value is -2.20. The molecule has 4 heteroatoms. The predicted octanol–water partition coefficient (Wildman–Crippen LogP) is 3.35. The van der Waals surface area contributed by atoms with Gasteiger partial charge in [-0.2, -0.15) is 0 Å². The first-order chi connectivity index (χ1) is 12.3. The molecule has 25 heavy (non-hydrogen) atoms. The van der Waals surface area contributed by atoms with Crippen LogP contribution in [0.25, 0.3) is 0 Å². The molecule has 132 valence electrons. The Labute approximate surface area is 150 Å². The number of piperazine rings is 1. The first-order valence-electron chi connectivity index (χ1n) is 9.34. The third-order valence-corrected chi connectivity index (χ3v) is 5.51. The summed E-state index contributed by atoms with van der Waals surface area (Å²) in [6.07, 6.45) is 2.37. The topological polar surface area (TPSA) is 41.7 Å². The molecule has 4 nitrogen and oxygen atoms in total. The van der Waals surface area contributed by atoms with Crippen LogP contribution in [0.15, 0.2) is 48.5 Å². The Balaban J connectivity index is 1.29. The van der Waals surface area contributed by atoms with Crippen LogP contribution in [-0.4, -0.2) is 44.2 Å². The Morgan fingerprint density at radius 2 is 1.72 bits per heavy atom. The van der Waals surface area contributed by atoms with Crippen molar-refractivity contribution in [2.24, 2.45) is 0 Å². The van der Waals surface area contributed by atoms with Crippen LogP contribution < -0.4 is 15.4 Å². The Kier molecular flexibility index (Phi) is 4.79. The molecule has 0 bridgehead atoms. The second-order valence-corrected chi connectivity index (χ2v) is 7.08. The zero-order valence-electron chi connectivity index (χ0n) is 14.7. The molecule has 0 amide bonds. The van der Waals surface area contributed by atoms with Crippen molar-refractivity contribution in [3.05, 3.63) is 54.1 Å². The van der Waals surface area contributed by atoms with Gasteiger partial charge in [0.1, 0.15) is 5.75 Å². The van der Waals surface area contributed by atoms with Gasteiger partial charge in [-0.1, -0.05) is 18.2 Å². The van der Waals surface area contributed by atoms with Gasteiger partial charge in [0.25, 0.3) is 0 Å². The number of nitrogens with two attached hydrogens (primary N) is 1. The van der Waals surface area contributed by atoms with Crippen molar-refractivity contribution in [3.63, 3.8) is 0 Å². The van der Waals surface area contributed by atoms with Crippen LogP contribution >= 0.6 is 0 Å². The lowest BCUT2D eigenvalue weighted by molar-refractivity contribution is 0.223. The molecule has 0 aliphatic carbocycles. The van der Waals surface area contributed by atoms with Crippen LogP contribution in [0.5, 0.6) is 5.75 Å². The number of anilines is 2. The third-order valence-electron chi connectivity index (χ3n) is 5.51. The molecule has 0 radical (unpaired) electrons. The SMILES string of the molecule is Nc1ccc(N2CCN(CCC3CCOc4ccccc43)CC2)cc1. The van der Waals surface area contributed by atoms with E-state index >= 15 is 0 Å². The minimum Gasteiger partial charge on any atom is -0.493 e. The average molecular weight is 337 g/mol. The van der Waals surface area contributed by atoms with E-state index in [0.29, 0.717) is 5.92 Å². The van der Waals surface area contributed by atoms with E-state index in [0.717, 1.165) is 50.6 Å². The summed E-state index contributed by atoms with van der Waals surface area (Å²) in [5.74, 6) is 1.73. The van der Waals surface area contributed by atoms with Crippen molar-refractivity contribution < 1.29 is 4.74 Å². The number of ether oxygens (including phenoxy) is 1. The maximum atomic E-state index is 5.79. The minimum absolute atomic E-state index is 0.639. The van der Waals surface area contributed by atoms with Crippen molar-refractivity contribution in [1.29, 1.82) is 0 Å². The number of nitrogens with zero attached hydrogens (tertiary/aromatic N) is 2. The van der Waals surface area contributed by atoms with Crippen LogP contribution in [0.1, 0.15) is 24.3 Å². The van der Waals surface area contributed by atoms with Crippen molar-refractivity contribution >= 4 is 11.4 Å². The van der Waals surface area contributed by atoms with E-state index in [1.165, 1.54) is 24.2 Å². The Morgan fingerprint density at radius 3 is 2.52 bits per heavy atom. The van der Waals surface area contributed by atoms with Crippen molar-refractivity contribution in [3.8, 4) is 5.75 Å². The summed E-state index contributed by atoms with van der Waals surface area (Å²) in [7, 11) is 0. The van der Waals surface area contributed by atoms with Crippen molar-refractivity contribution in [2.75, 3.05) is 50.0 Å². The number of hydrogen-bond donors (Lipinski definition) is 1. The molecule has 2 aliphatic heterocycles. The highest BCUT2D eigenvalue weighted by molar-refractivity contribution is 5.53.